The zero-order valence-electron chi connectivity index (χ0n) is 21.4. The number of rotatable bonds is 3. The molecule has 0 radical (unpaired) electrons. The van der Waals surface area contributed by atoms with E-state index in [9.17, 15) is 5.26 Å². The van der Waals surface area contributed by atoms with Crippen molar-refractivity contribution in [2.24, 2.45) is 0 Å². The molecule has 0 saturated heterocycles. The fraction of sp³-hybridized carbons (Fsp3) is 0. The van der Waals surface area contributed by atoms with Crippen LogP contribution in [0.15, 0.2) is 136 Å². The highest BCUT2D eigenvalue weighted by Crippen LogP contribution is 2.42. The van der Waals surface area contributed by atoms with Crippen LogP contribution in [0.2, 0.25) is 0 Å². The minimum absolute atomic E-state index is 0.632. The van der Waals surface area contributed by atoms with Gasteiger partial charge in [0.1, 0.15) is 22.3 Å². The molecule has 3 nitrogen and oxygen atoms in total. The third-order valence-corrected chi connectivity index (χ3v) is 7.72. The van der Waals surface area contributed by atoms with Crippen molar-refractivity contribution in [2.75, 3.05) is 0 Å². The van der Waals surface area contributed by atoms with E-state index in [2.05, 4.69) is 60.7 Å². The molecule has 186 valence electrons. The molecule has 0 N–H and O–H groups in total. The SMILES string of the molecule is N#Cc1cccc(-c2cc(-c3ccc4oc5ccccc5c4c3)ccc2-c2cccc3oc4ccccc4c23)c1. The molecular formula is C37H21NO2. The second-order valence-electron chi connectivity index (χ2n) is 10.0. The topological polar surface area (TPSA) is 50.1 Å². The number of para-hydroxylation sites is 2. The average molecular weight is 512 g/mol. The summed E-state index contributed by atoms with van der Waals surface area (Å²) in [6.07, 6.45) is 0. The maximum atomic E-state index is 9.66. The molecule has 6 aromatic carbocycles. The second-order valence-corrected chi connectivity index (χ2v) is 10.0. The maximum Gasteiger partial charge on any atom is 0.136 e. The van der Waals surface area contributed by atoms with Crippen LogP contribution in [0.3, 0.4) is 0 Å². The number of hydrogen-bond acceptors (Lipinski definition) is 3. The summed E-state index contributed by atoms with van der Waals surface area (Å²) in [5.74, 6) is 0. The first-order valence-corrected chi connectivity index (χ1v) is 13.2. The number of benzene rings is 6. The quantitative estimate of drug-likeness (QED) is 0.237. The highest BCUT2D eigenvalue weighted by molar-refractivity contribution is 6.14. The smallest absolute Gasteiger partial charge is 0.136 e. The van der Waals surface area contributed by atoms with E-state index in [1.807, 2.05) is 72.8 Å². The Balaban J connectivity index is 1.39. The molecule has 0 aliphatic rings. The summed E-state index contributed by atoms with van der Waals surface area (Å²) in [6.45, 7) is 0. The molecule has 3 heteroatoms. The molecule has 8 rings (SSSR count). The molecule has 0 aliphatic carbocycles. The summed E-state index contributed by atoms with van der Waals surface area (Å²) in [7, 11) is 0. The molecule has 0 saturated carbocycles. The van der Waals surface area contributed by atoms with Crippen molar-refractivity contribution < 1.29 is 8.83 Å². The van der Waals surface area contributed by atoms with Gasteiger partial charge < -0.3 is 8.83 Å². The Morgan fingerprint density at radius 1 is 0.425 bits per heavy atom. The van der Waals surface area contributed by atoms with Gasteiger partial charge in [-0.1, -0.05) is 78.9 Å². The van der Waals surface area contributed by atoms with E-state index >= 15 is 0 Å². The number of furan rings is 2. The highest BCUT2D eigenvalue weighted by Gasteiger charge is 2.17. The van der Waals surface area contributed by atoms with E-state index in [1.54, 1.807) is 0 Å². The maximum absolute atomic E-state index is 9.66. The Morgan fingerprint density at radius 2 is 1.10 bits per heavy atom. The molecule has 0 unspecified atom stereocenters. The number of fused-ring (bicyclic) bond motifs is 6. The van der Waals surface area contributed by atoms with Gasteiger partial charge in [0, 0.05) is 21.5 Å². The van der Waals surface area contributed by atoms with Crippen LogP contribution in [0.25, 0.3) is 77.3 Å². The van der Waals surface area contributed by atoms with Gasteiger partial charge in [0.05, 0.1) is 11.6 Å². The Kier molecular flexibility index (Phi) is 4.89. The minimum Gasteiger partial charge on any atom is -0.456 e. The van der Waals surface area contributed by atoms with Crippen molar-refractivity contribution in [2.45, 2.75) is 0 Å². The summed E-state index contributed by atoms with van der Waals surface area (Å²) in [5.41, 5.74) is 10.6. The Bertz CT molecular complexity index is 2290. The van der Waals surface area contributed by atoms with E-state index in [0.717, 1.165) is 77.3 Å². The Morgan fingerprint density at radius 3 is 1.98 bits per heavy atom. The molecule has 8 aromatic rings. The van der Waals surface area contributed by atoms with Crippen molar-refractivity contribution in [1.82, 2.24) is 0 Å². The van der Waals surface area contributed by atoms with Gasteiger partial charge in [0.2, 0.25) is 0 Å². The van der Waals surface area contributed by atoms with E-state index in [1.165, 1.54) is 0 Å². The van der Waals surface area contributed by atoms with E-state index in [0.29, 0.717) is 5.56 Å². The number of nitrogens with zero attached hydrogens (tertiary/aromatic N) is 1. The van der Waals surface area contributed by atoms with Crippen molar-refractivity contribution in [1.29, 1.82) is 5.26 Å². The molecule has 2 heterocycles. The lowest BCUT2D eigenvalue weighted by Crippen LogP contribution is -1.89. The van der Waals surface area contributed by atoms with Gasteiger partial charge in [-0.15, -0.1) is 0 Å². The molecule has 0 amide bonds. The first kappa shape index (κ1) is 22.4. The number of hydrogen-bond donors (Lipinski definition) is 0. The summed E-state index contributed by atoms with van der Waals surface area (Å²) in [4.78, 5) is 0. The van der Waals surface area contributed by atoms with Crippen LogP contribution in [0.5, 0.6) is 0 Å². The summed E-state index contributed by atoms with van der Waals surface area (Å²) in [5, 5.41) is 14.0. The summed E-state index contributed by atoms with van der Waals surface area (Å²) < 4.78 is 12.3. The second kappa shape index (κ2) is 8.73. The zero-order valence-corrected chi connectivity index (χ0v) is 21.4. The first-order valence-electron chi connectivity index (χ1n) is 13.2. The van der Waals surface area contributed by atoms with Crippen molar-refractivity contribution in [3.8, 4) is 39.4 Å². The fourth-order valence-corrected chi connectivity index (χ4v) is 5.86. The van der Waals surface area contributed by atoms with E-state index in [-0.39, 0.29) is 0 Å². The van der Waals surface area contributed by atoms with Gasteiger partial charge >= 0.3 is 0 Å². The molecule has 0 aliphatic heterocycles. The fourth-order valence-electron chi connectivity index (χ4n) is 5.86. The monoisotopic (exact) mass is 511 g/mol. The Hall–Kier alpha value is -5.59. The first-order chi connectivity index (χ1) is 19.8. The van der Waals surface area contributed by atoms with Crippen molar-refractivity contribution >= 4 is 43.9 Å². The lowest BCUT2D eigenvalue weighted by atomic mass is 9.88. The standard InChI is InChI=1S/C37H21NO2/c38-22-23-7-5-8-26(19-23)31-20-24(25-16-18-35-32(21-25)28-9-1-3-12-33(28)39-35)15-17-27(31)29-11-6-14-36-37(29)30-10-2-4-13-34(30)40-36/h1-21H. The van der Waals surface area contributed by atoms with Crippen LogP contribution < -0.4 is 0 Å². The highest BCUT2D eigenvalue weighted by atomic mass is 16.3. The molecule has 0 bridgehead atoms. The lowest BCUT2D eigenvalue weighted by Gasteiger charge is -2.14. The van der Waals surface area contributed by atoms with Gasteiger partial charge in [-0.2, -0.15) is 5.26 Å². The van der Waals surface area contributed by atoms with Gasteiger partial charge in [0.15, 0.2) is 0 Å². The molecule has 40 heavy (non-hydrogen) atoms. The molecular weight excluding hydrogens is 490 g/mol. The molecule has 0 spiro atoms. The molecule has 0 fully saturated rings. The normalized spacial score (nSPS) is 11.5. The van der Waals surface area contributed by atoms with E-state index < -0.39 is 0 Å². The largest absolute Gasteiger partial charge is 0.456 e. The molecule has 2 aromatic heterocycles. The minimum atomic E-state index is 0.632. The predicted octanol–water partition coefficient (Wildman–Crippen LogP) is 10.4. The Labute approximate surface area is 230 Å². The van der Waals surface area contributed by atoms with Gasteiger partial charge in [-0.05, 0) is 81.9 Å². The van der Waals surface area contributed by atoms with Crippen LogP contribution in [-0.4, -0.2) is 0 Å². The van der Waals surface area contributed by atoms with Gasteiger partial charge in [-0.25, -0.2) is 0 Å². The van der Waals surface area contributed by atoms with Crippen LogP contribution in [0.4, 0.5) is 0 Å². The third-order valence-electron chi connectivity index (χ3n) is 7.72. The van der Waals surface area contributed by atoms with Crippen LogP contribution >= 0.6 is 0 Å². The van der Waals surface area contributed by atoms with Gasteiger partial charge in [-0.3, -0.25) is 0 Å². The zero-order chi connectivity index (χ0) is 26.6. The summed E-state index contributed by atoms with van der Waals surface area (Å²) in [6, 6.07) is 45.6. The molecule has 0 atom stereocenters. The van der Waals surface area contributed by atoms with Crippen molar-refractivity contribution in [3.63, 3.8) is 0 Å². The van der Waals surface area contributed by atoms with Crippen LogP contribution in [0, 0.1) is 11.3 Å². The third kappa shape index (κ3) is 3.44. The van der Waals surface area contributed by atoms with Gasteiger partial charge in [0.25, 0.3) is 0 Å². The predicted molar refractivity (Wildman–Crippen MR) is 162 cm³/mol. The van der Waals surface area contributed by atoms with E-state index in [4.69, 9.17) is 8.83 Å². The summed E-state index contributed by atoms with van der Waals surface area (Å²) >= 11 is 0. The average Bonchev–Trinajstić information content (AvgIpc) is 3.59. The van der Waals surface area contributed by atoms with Crippen LogP contribution in [-0.2, 0) is 0 Å². The lowest BCUT2D eigenvalue weighted by molar-refractivity contribution is 0.668. The van der Waals surface area contributed by atoms with Crippen LogP contribution in [0.1, 0.15) is 5.56 Å². The van der Waals surface area contributed by atoms with Crippen molar-refractivity contribution in [3.05, 3.63) is 133 Å². The number of nitriles is 1.